The molecule has 20 heavy (non-hydrogen) atoms. The van der Waals surface area contributed by atoms with Crippen molar-refractivity contribution in [3.63, 3.8) is 0 Å². The van der Waals surface area contributed by atoms with E-state index in [9.17, 15) is 4.79 Å². The van der Waals surface area contributed by atoms with E-state index in [-0.39, 0.29) is 12.5 Å². The second kappa shape index (κ2) is 6.54. The van der Waals surface area contributed by atoms with Gasteiger partial charge in [0.2, 0.25) is 5.88 Å². The number of carbonyl (C=O) groups excluding carboxylic acids is 1. The number of hydrogen-bond acceptors (Lipinski definition) is 6. The average molecular weight is 279 g/mol. The summed E-state index contributed by atoms with van der Waals surface area (Å²) in [6.45, 7) is 6.71. The number of esters is 1. The molecule has 0 atom stereocenters. The van der Waals surface area contributed by atoms with E-state index in [0.29, 0.717) is 31.0 Å². The summed E-state index contributed by atoms with van der Waals surface area (Å²) in [4.78, 5) is 22.3. The van der Waals surface area contributed by atoms with Crippen LogP contribution in [0.1, 0.15) is 32.5 Å². The lowest BCUT2D eigenvalue weighted by atomic mass is 10.4. The molecule has 6 nitrogen and oxygen atoms in total. The number of ether oxygens (including phenoxy) is 2. The van der Waals surface area contributed by atoms with E-state index in [1.165, 1.54) is 0 Å². The number of aromatic nitrogens is 2. The third kappa shape index (κ3) is 3.82. The summed E-state index contributed by atoms with van der Waals surface area (Å²) in [5.74, 6) is 1.69. The summed E-state index contributed by atoms with van der Waals surface area (Å²) < 4.78 is 10.5. The van der Waals surface area contributed by atoms with Crippen LogP contribution in [0.4, 0.5) is 5.82 Å². The van der Waals surface area contributed by atoms with Gasteiger partial charge in [0.15, 0.2) is 0 Å². The maximum Gasteiger partial charge on any atom is 0.325 e. The molecular weight excluding hydrogens is 258 g/mol. The first-order valence-electron chi connectivity index (χ1n) is 7.04. The van der Waals surface area contributed by atoms with Crippen LogP contribution in [0, 0.1) is 6.92 Å². The Labute approximate surface area is 119 Å². The van der Waals surface area contributed by atoms with Crippen LogP contribution in [0.3, 0.4) is 0 Å². The van der Waals surface area contributed by atoms with Crippen molar-refractivity contribution in [1.29, 1.82) is 0 Å². The van der Waals surface area contributed by atoms with Gasteiger partial charge in [0.1, 0.15) is 18.2 Å². The first kappa shape index (κ1) is 14.6. The van der Waals surface area contributed by atoms with E-state index in [4.69, 9.17) is 9.47 Å². The van der Waals surface area contributed by atoms with Crippen LogP contribution in [0.25, 0.3) is 0 Å². The van der Waals surface area contributed by atoms with Crippen LogP contribution in [0.2, 0.25) is 0 Å². The molecule has 0 aliphatic heterocycles. The zero-order chi connectivity index (χ0) is 14.5. The van der Waals surface area contributed by atoms with Crippen LogP contribution in [-0.4, -0.2) is 41.7 Å². The number of anilines is 1. The van der Waals surface area contributed by atoms with E-state index in [1.807, 2.05) is 18.7 Å². The third-order valence-electron chi connectivity index (χ3n) is 2.98. The molecule has 0 N–H and O–H groups in total. The molecule has 0 unspecified atom stereocenters. The Bertz CT molecular complexity index is 475. The number of carbonyl (C=O) groups is 1. The Kier molecular flexibility index (Phi) is 4.76. The molecule has 1 aliphatic rings. The van der Waals surface area contributed by atoms with E-state index in [1.54, 1.807) is 13.0 Å². The number of aryl methyl sites for hydroxylation is 1. The lowest BCUT2D eigenvalue weighted by Crippen LogP contribution is -2.33. The lowest BCUT2D eigenvalue weighted by molar-refractivity contribution is -0.141. The molecule has 6 heteroatoms. The van der Waals surface area contributed by atoms with Gasteiger partial charge in [-0.15, -0.1) is 0 Å². The number of rotatable bonds is 7. The predicted octanol–water partition coefficient (Wildman–Crippen LogP) is 1.72. The maximum absolute atomic E-state index is 11.7. The fraction of sp³-hybridized carbons (Fsp3) is 0.643. The smallest absolute Gasteiger partial charge is 0.325 e. The first-order chi connectivity index (χ1) is 9.63. The van der Waals surface area contributed by atoms with E-state index < -0.39 is 0 Å². The predicted molar refractivity (Wildman–Crippen MR) is 74.9 cm³/mol. The summed E-state index contributed by atoms with van der Waals surface area (Å²) in [6, 6.07) is 2.15. The van der Waals surface area contributed by atoms with Gasteiger partial charge in [0, 0.05) is 12.1 Å². The number of hydrogen-bond donors (Lipinski definition) is 0. The molecule has 1 aromatic heterocycles. The molecule has 0 amide bonds. The molecule has 1 saturated carbocycles. The Morgan fingerprint density at radius 3 is 2.70 bits per heavy atom. The highest BCUT2D eigenvalue weighted by Gasteiger charge is 2.32. The summed E-state index contributed by atoms with van der Waals surface area (Å²) >= 11 is 0. The van der Waals surface area contributed by atoms with Crippen molar-refractivity contribution in [3.8, 4) is 5.88 Å². The number of nitrogens with zero attached hydrogens (tertiary/aromatic N) is 3. The summed E-state index contributed by atoms with van der Waals surface area (Å²) in [5, 5.41) is 0. The molecule has 1 heterocycles. The van der Waals surface area contributed by atoms with Crippen LogP contribution in [0.15, 0.2) is 6.07 Å². The van der Waals surface area contributed by atoms with Gasteiger partial charge in [-0.1, -0.05) is 0 Å². The fourth-order valence-electron chi connectivity index (χ4n) is 2.02. The van der Waals surface area contributed by atoms with Crippen LogP contribution in [0.5, 0.6) is 5.88 Å². The van der Waals surface area contributed by atoms with Crippen LogP contribution >= 0.6 is 0 Å². The van der Waals surface area contributed by atoms with Gasteiger partial charge in [-0.05, 0) is 33.6 Å². The van der Waals surface area contributed by atoms with Gasteiger partial charge in [-0.3, -0.25) is 4.79 Å². The summed E-state index contributed by atoms with van der Waals surface area (Å²) in [7, 11) is 0. The second-order valence-corrected chi connectivity index (χ2v) is 4.71. The standard InChI is InChI=1S/C14H21N3O3/c1-4-19-13-8-12(15-10(3)16-13)17(11-6-7-11)9-14(18)20-5-2/h8,11H,4-7,9H2,1-3H3. The minimum Gasteiger partial charge on any atom is -0.478 e. The van der Waals surface area contributed by atoms with Gasteiger partial charge < -0.3 is 14.4 Å². The highest BCUT2D eigenvalue weighted by Crippen LogP contribution is 2.31. The van der Waals surface area contributed by atoms with E-state index >= 15 is 0 Å². The molecular formula is C14H21N3O3. The zero-order valence-electron chi connectivity index (χ0n) is 12.3. The topological polar surface area (TPSA) is 64.5 Å². The SMILES string of the molecule is CCOC(=O)CN(c1cc(OCC)nc(C)n1)C1CC1. The van der Waals surface area contributed by atoms with Crippen molar-refractivity contribution in [3.05, 3.63) is 11.9 Å². The van der Waals surface area contributed by atoms with Gasteiger partial charge in [-0.2, -0.15) is 4.98 Å². The summed E-state index contributed by atoms with van der Waals surface area (Å²) in [5.41, 5.74) is 0. The molecule has 110 valence electrons. The first-order valence-corrected chi connectivity index (χ1v) is 7.04. The van der Waals surface area contributed by atoms with Crippen molar-refractivity contribution in [2.75, 3.05) is 24.7 Å². The minimum atomic E-state index is -0.228. The molecule has 0 spiro atoms. The van der Waals surface area contributed by atoms with Crippen molar-refractivity contribution in [2.45, 2.75) is 39.7 Å². The molecule has 1 aliphatic carbocycles. The Hall–Kier alpha value is -1.85. The fourth-order valence-corrected chi connectivity index (χ4v) is 2.02. The summed E-state index contributed by atoms with van der Waals surface area (Å²) in [6.07, 6.45) is 2.15. The largest absolute Gasteiger partial charge is 0.478 e. The molecule has 0 aromatic carbocycles. The van der Waals surface area contributed by atoms with Gasteiger partial charge >= 0.3 is 5.97 Å². The molecule has 0 bridgehead atoms. The quantitative estimate of drug-likeness (QED) is 0.708. The van der Waals surface area contributed by atoms with Gasteiger partial charge in [-0.25, -0.2) is 4.98 Å². The van der Waals surface area contributed by atoms with E-state index in [0.717, 1.165) is 18.7 Å². The van der Waals surface area contributed by atoms with Crippen molar-refractivity contribution in [2.24, 2.45) is 0 Å². The van der Waals surface area contributed by atoms with Crippen molar-refractivity contribution >= 4 is 11.8 Å². The zero-order valence-corrected chi connectivity index (χ0v) is 12.3. The van der Waals surface area contributed by atoms with Crippen molar-refractivity contribution < 1.29 is 14.3 Å². The third-order valence-corrected chi connectivity index (χ3v) is 2.98. The minimum absolute atomic E-state index is 0.223. The second-order valence-electron chi connectivity index (χ2n) is 4.71. The highest BCUT2D eigenvalue weighted by molar-refractivity contribution is 5.75. The Morgan fingerprint density at radius 2 is 2.10 bits per heavy atom. The van der Waals surface area contributed by atoms with Crippen LogP contribution in [-0.2, 0) is 9.53 Å². The Balaban J connectivity index is 2.18. The molecule has 0 radical (unpaired) electrons. The van der Waals surface area contributed by atoms with Gasteiger partial charge in [0.05, 0.1) is 13.2 Å². The molecule has 1 fully saturated rings. The molecule has 1 aromatic rings. The Morgan fingerprint density at radius 1 is 1.35 bits per heavy atom. The van der Waals surface area contributed by atoms with Gasteiger partial charge in [0.25, 0.3) is 0 Å². The monoisotopic (exact) mass is 279 g/mol. The van der Waals surface area contributed by atoms with E-state index in [2.05, 4.69) is 9.97 Å². The normalized spacial score (nSPS) is 13.9. The van der Waals surface area contributed by atoms with Crippen molar-refractivity contribution in [1.82, 2.24) is 9.97 Å². The lowest BCUT2D eigenvalue weighted by Gasteiger charge is -2.22. The maximum atomic E-state index is 11.7. The molecule has 2 rings (SSSR count). The highest BCUT2D eigenvalue weighted by atomic mass is 16.5. The van der Waals surface area contributed by atoms with Crippen LogP contribution < -0.4 is 9.64 Å². The average Bonchev–Trinajstić information content (AvgIpc) is 3.20. The molecule has 0 saturated heterocycles.